The van der Waals surface area contributed by atoms with E-state index in [0.717, 1.165) is 16.7 Å². The molecule has 0 aromatic heterocycles. The van der Waals surface area contributed by atoms with Crippen LogP contribution in [0.4, 0.5) is 4.79 Å². The summed E-state index contributed by atoms with van der Waals surface area (Å²) in [6.45, 7) is 3.95. The molecule has 2 rings (SSSR count). The molecule has 6 nitrogen and oxygen atoms in total. The highest BCUT2D eigenvalue weighted by Gasteiger charge is 2.17. The molecule has 0 unspecified atom stereocenters. The molecule has 0 aliphatic rings. The number of nitrogens with one attached hydrogen (secondary N) is 1. The van der Waals surface area contributed by atoms with Crippen LogP contribution in [-0.2, 0) is 27.3 Å². The van der Waals surface area contributed by atoms with Gasteiger partial charge in [-0.1, -0.05) is 60.7 Å². The third-order valence-corrected chi connectivity index (χ3v) is 4.22. The fourth-order valence-electron chi connectivity index (χ4n) is 2.78. The Balaban J connectivity index is 2.02. The van der Waals surface area contributed by atoms with Crippen LogP contribution < -0.4 is 11.1 Å². The predicted octanol–water partition coefficient (Wildman–Crippen LogP) is 3.27. The van der Waals surface area contributed by atoms with Gasteiger partial charge in [0.2, 0.25) is 0 Å². The summed E-state index contributed by atoms with van der Waals surface area (Å²) in [4.78, 5) is 23.8. The van der Waals surface area contributed by atoms with E-state index in [1.807, 2.05) is 54.6 Å². The average molecular weight is 382 g/mol. The van der Waals surface area contributed by atoms with Crippen LogP contribution >= 0.6 is 0 Å². The van der Waals surface area contributed by atoms with Gasteiger partial charge >= 0.3 is 12.1 Å². The molecule has 0 heterocycles. The van der Waals surface area contributed by atoms with Crippen LogP contribution in [0.1, 0.15) is 29.2 Å². The largest absolute Gasteiger partial charge is 0.468 e. The summed E-state index contributed by atoms with van der Waals surface area (Å²) in [5.74, 6) is -0.462. The van der Waals surface area contributed by atoms with Crippen LogP contribution in [0.25, 0.3) is 0 Å². The number of hydrogen-bond donors (Lipinski definition) is 2. The van der Waals surface area contributed by atoms with E-state index in [1.165, 1.54) is 7.11 Å². The summed E-state index contributed by atoms with van der Waals surface area (Å²) in [7, 11) is 1.31. The number of amides is 1. The Hall–Kier alpha value is -3.12. The van der Waals surface area contributed by atoms with Crippen LogP contribution in [0, 0.1) is 0 Å². The van der Waals surface area contributed by atoms with Gasteiger partial charge in [-0.05, 0) is 29.5 Å². The zero-order valence-electron chi connectivity index (χ0n) is 16.0. The van der Waals surface area contributed by atoms with Crippen molar-refractivity contribution in [2.24, 2.45) is 5.73 Å². The van der Waals surface area contributed by atoms with Gasteiger partial charge in [0.25, 0.3) is 0 Å². The molecule has 1 amide bonds. The molecule has 0 saturated heterocycles. The number of carbonyl (C=O) groups is 2. The number of methoxy groups -OCH3 is 1. The first kappa shape index (κ1) is 21.2. The van der Waals surface area contributed by atoms with Crippen molar-refractivity contribution in [2.45, 2.75) is 31.5 Å². The molecule has 0 fully saturated rings. The number of ether oxygens (including phenoxy) is 2. The first-order valence-corrected chi connectivity index (χ1v) is 9.03. The molecule has 28 heavy (non-hydrogen) atoms. The first-order valence-electron chi connectivity index (χ1n) is 9.03. The van der Waals surface area contributed by atoms with Crippen LogP contribution in [-0.4, -0.2) is 25.2 Å². The van der Waals surface area contributed by atoms with Gasteiger partial charge in [-0.2, -0.15) is 0 Å². The fraction of sp³-hybridized carbons (Fsp3) is 0.273. The Morgan fingerprint density at radius 3 is 2.54 bits per heavy atom. The summed E-state index contributed by atoms with van der Waals surface area (Å²) >= 11 is 0. The van der Waals surface area contributed by atoms with Gasteiger partial charge in [-0.25, -0.2) is 4.79 Å². The van der Waals surface area contributed by atoms with E-state index < -0.39 is 18.1 Å². The highest BCUT2D eigenvalue weighted by Crippen LogP contribution is 2.20. The van der Waals surface area contributed by atoms with Crippen molar-refractivity contribution in [3.05, 3.63) is 83.9 Å². The fourth-order valence-corrected chi connectivity index (χ4v) is 2.78. The zero-order chi connectivity index (χ0) is 20.4. The van der Waals surface area contributed by atoms with Gasteiger partial charge in [0.1, 0.15) is 12.6 Å². The lowest BCUT2D eigenvalue weighted by molar-refractivity contribution is -0.142. The molecule has 3 N–H and O–H groups in total. The molecular formula is C22H26N2O4. The summed E-state index contributed by atoms with van der Waals surface area (Å²) in [6.07, 6.45) is 2.11. The summed E-state index contributed by atoms with van der Waals surface area (Å²) in [5, 5.41) is 2.86. The number of nitrogens with two attached hydrogens (primary N) is 1. The number of rotatable bonds is 9. The first-order chi connectivity index (χ1) is 13.5. The summed E-state index contributed by atoms with van der Waals surface area (Å²) in [6, 6.07) is 16.0. The second-order valence-corrected chi connectivity index (χ2v) is 6.36. The molecule has 0 saturated carbocycles. The topological polar surface area (TPSA) is 90.6 Å². The van der Waals surface area contributed by atoms with Crippen molar-refractivity contribution in [3.8, 4) is 0 Å². The number of carbonyl (C=O) groups excluding carboxylic acids is 2. The van der Waals surface area contributed by atoms with E-state index in [1.54, 1.807) is 6.08 Å². The van der Waals surface area contributed by atoms with E-state index in [0.29, 0.717) is 12.8 Å². The normalized spacial score (nSPS) is 12.5. The third-order valence-electron chi connectivity index (χ3n) is 4.22. The van der Waals surface area contributed by atoms with E-state index >= 15 is 0 Å². The van der Waals surface area contributed by atoms with Crippen molar-refractivity contribution in [1.82, 2.24) is 5.32 Å². The van der Waals surface area contributed by atoms with Crippen LogP contribution in [0.3, 0.4) is 0 Å². The highest BCUT2D eigenvalue weighted by atomic mass is 16.5. The Bertz CT molecular complexity index is 792. The monoisotopic (exact) mass is 382 g/mol. The zero-order valence-corrected chi connectivity index (χ0v) is 16.0. The van der Waals surface area contributed by atoms with Gasteiger partial charge < -0.3 is 20.5 Å². The lowest BCUT2D eigenvalue weighted by Gasteiger charge is -2.19. The minimum absolute atomic E-state index is 0.196. The van der Waals surface area contributed by atoms with Gasteiger partial charge in [-0.3, -0.25) is 4.79 Å². The number of benzene rings is 2. The van der Waals surface area contributed by atoms with Crippen molar-refractivity contribution in [1.29, 1.82) is 0 Å². The maximum atomic E-state index is 12.2. The molecule has 0 spiro atoms. The standard InChI is InChI=1S/C22H26N2O4/c1-3-8-20(24-22(26)28-15-16-9-5-4-6-10-16)18-12-7-11-17(13-18)14-19(23)21(25)27-2/h3-7,9-13,19-20H,1,8,14-15,23H2,2H3,(H,24,26)/t19-,20+/m1/s1. The molecular weight excluding hydrogens is 356 g/mol. The Labute approximate surface area is 165 Å². The van der Waals surface area contributed by atoms with Crippen molar-refractivity contribution in [2.75, 3.05) is 7.11 Å². The maximum absolute atomic E-state index is 12.2. The molecule has 2 aromatic carbocycles. The van der Waals surface area contributed by atoms with E-state index in [-0.39, 0.29) is 12.6 Å². The lowest BCUT2D eigenvalue weighted by Crippen LogP contribution is -2.33. The summed E-state index contributed by atoms with van der Waals surface area (Å²) < 4.78 is 9.97. The lowest BCUT2D eigenvalue weighted by atomic mass is 9.98. The Morgan fingerprint density at radius 2 is 1.86 bits per heavy atom. The molecule has 6 heteroatoms. The minimum Gasteiger partial charge on any atom is -0.468 e. The maximum Gasteiger partial charge on any atom is 0.407 e. The van der Waals surface area contributed by atoms with Crippen LogP contribution in [0.5, 0.6) is 0 Å². The quantitative estimate of drug-likeness (QED) is 0.513. The Kier molecular flexibility index (Phi) is 8.24. The van der Waals surface area contributed by atoms with Crippen LogP contribution in [0.2, 0.25) is 0 Å². The molecule has 2 atom stereocenters. The van der Waals surface area contributed by atoms with Crippen molar-refractivity contribution < 1.29 is 19.1 Å². The van der Waals surface area contributed by atoms with Gasteiger partial charge in [0.15, 0.2) is 0 Å². The molecule has 0 aliphatic carbocycles. The third kappa shape index (κ3) is 6.55. The average Bonchev–Trinajstić information content (AvgIpc) is 2.72. The molecule has 0 aliphatic heterocycles. The van der Waals surface area contributed by atoms with Gasteiger partial charge in [-0.15, -0.1) is 6.58 Å². The predicted molar refractivity (Wildman–Crippen MR) is 107 cm³/mol. The summed E-state index contributed by atoms with van der Waals surface area (Å²) in [5.41, 5.74) is 8.51. The van der Waals surface area contributed by atoms with Crippen molar-refractivity contribution >= 4 is 12.1 Å². The van der Waals surface area contributed by atoms with Crippen molar-refractivity contribution in [3.63, 3.8) is 0 Å². The number of hydrogen-bond acceptors (Lipinski definition) is 5. The van der Waals surface area contributed by atoms with E-state index in [4.69, 9.17) is 10.5 Å². The van der Waals surface area contributed by atoms with E-state index in [2.05, 4.69) is 16.6 Å². The molecule has 0 radical (unpaired) electrons. The second kappa shape index (κ2) is 10.9. The highest BCUT2D eigenvalue weighted by molar-refractivity contribution is 5.75. The second-order valence-electron chi connectivity index (χ2n) is 6.36. The smallest absolute Gasteiger partial charge is 0.407 e. The number of alkyl carbamates (subject to hydrolysis) is 1. The number of esters is 1. The SMILES string of the molecule is C=CC[C@H](NC(=O)OCc1ccccc1)c1cccc(C[C@@H](N)C(=O)OC)c1. The minimum atomic E-state index is -0.734. The van der Waals surface area contributed by atoms with E-state index in [9.17, 15) is 9.59 Å². The van der Waals surface area contributed by atoms with Crippen LogP contribution in [0.15, 0.2) is 67.3 Å². The molecule has 0 bridgehead atoms. The molecule has 2 aromatic rings. The van der Waals surface area contributed by atoms with Gasteiger partial charge in [0, 0.05) is 0 Å². The molecule has 148 valence electrons. The van der Waals surface area contributed by atoms with Gasteiger partial charge in [0.05, 0.1) is 13.2 Å². The Morgan fingerprint density at radius 1 is 1.14 bits per heavy atom.